The number of piperidine rings is 1. The van der Waals surface area contributed by atoms with E-state index in [1.165, 1.54) is 18.4 Å². The Morgan fingerprint density at radius 3 is 2.95 bits per heavy atom. The Labute approximate surface area is 131 Å². The highest BCUT2D eigenvalue weighted by atomic mass is 16.5. The molecule has 1 fully saturated rings. The normalized spacial score (nSPS) is 19.3. The van der Waals surface area contributed by atoms with Gasteiger partial charge in [-0.25, -0.2) is 0 Å². The molecule has 1 saturated heterocycles. The molecule has 0 saturated carbocycles. The van der Waals surface area contributed by atoms with Gasteiger partial charge < -0.3 is 9.26 Å². The number of hydrogen-bond acceptors (Lipinski definition) is 5. The van der Waals surface area contributed by atoms with Gasteiger partial charge in [0.2, 0.25) is 5.89 Å². The largest absolute Gasteiger partial charge is 0.493 e. The third-order valence-electron chi connectivity index (χ3n) is 4.11. The van der Waals surface area contributed by atoms with E-state index in [-0.39, 0.29) is 0 Å². The van der Waals surface area contributed by atoms with Crippen molar-refractivity contribution in [1.82, 2.24) is 15.0 Å². The molecule has 2 heterocycles. The molecule has 0 N–H and O–H groups in total. The number of hydrogen-bond donors (Lipinski definition) is 0. The molecule has 3 rings (SSSR count). The van der Waals surface area contributed by atoms with Gasteiger partial charge in [-0.2, -0.15) is 4.98 Å². The Morgan fingerprint density at radius 1 is 1.32 bits per heavy atom. The van der Waals surface area contributed by atoms with E-state index in [1.807, 2.05) is 25.1 Å². The standard InChI is InChI=1S/C17H23N3O2/c1-13-6-3-4-8-16(13)21-12-15-7-5-9-20(10-15)11-17-18-14(2)22-19-17/h3-4,6,8,15H,5,7,9-12H2,1-2H3. The zero-order valence-corrected chi connectivity index (χ0v) is 13.3. The maximum atomic E-state index is 6.00. The second-order valence-corrected chi connectivity index (χ2v) is 6.05. The first-order chi connectivity index (χ1) is 10.7. The van der Waals surface area contributed by atoms with Crippen LogP contribution < -0.4 is 4.74 Å². The first kappa shape index (κ1) is 15.0. The molecule has 1 unspecified atom stereocenters. The fourth-order valence-electron chi connectivity index (χ4n) is 2.96. The summed E-state index contributed by atoms with van der Waals surface area (Å²) in [7, 11) is 0. The highest BCUT2D eigenvalue weighted by molar-refractivity contribution is 5.31. The van der Waals surface area contributed by atoms with Crippen molar-refractivity contribution in [3.63, 3.8) is 0 Å². The lowest BCUT2D eigenvalue weighted by atomic mass is 9.99. The van der Waals surface area contributed by atoms with Crippen LogP contribution in [0.15, 0.2) is 28.8 Å². The SMILES string of the molecule is Cc1nc(CN2CCCC(COc3ccccc3C)C2)no1. The molecule has 0 bridgehead atoms. The summed E-state index contributed by atoms with van der Waals surface area (Å²) >= 11 is 0. The highest BCUT2D eigenvalue weighted by Gasteiger charge is 2.22. The molecule has 1 aliphatic heterocycles. The molecule has 0 aliphatic carbocycles. The molecular formula is C17H23N3O2. The van der Waals surface area contributed by atoms with Gasteiger partial charge in [0, 0.05) is 19.4 Å². The predicted molar refractivity (Wildman–Crippen MR) is 83.7 cm³/mol. The molecule has 1 aliphatic rings. The number of para-hydroxylation sites is 1. The van der Waals surface area contributed by atoms with Crippen LogP contribution in [-0.2, 0) is 6.54 Å². The zero-order valence-electron chi connectivity index (χ0n) is 13.3. The van der Waals surface area contributed by atoms with E-state index in [2.05, 4.69) is 28.0 Å². The van der Waals surface area contributed by atoms with E-state index in [0.717, 1.165) is 37.8 Å². The fraction of sp³-hybridized carbons (Fsp3) is 0.529. The molecule has 1 aromatic carbocycles. The molecule has 5 nitrogen and oxygen atoms in total. The van der Waals surface area contributed by atoms with Crippen molar-refractivity contribution in [2.75, 3.05) is 19.7 Å². The Morgan fingerprint density at radius 2 is 2.18 bits per heavy atom. The zero-order chi connectivity index (χ0) is 15.4. The van der Waals surface area contributed by atoms with E-state index in [9.17, 15) is 0 Å². The van der Waals surface area contributed by atoms with Crippen molar-refractivity contribution in [2.45, 2.75) is 33.2 Å². The summed E-state index contributed by atoms with van der Waals surface area (Å²) in [5.41, 5.74) is 1.19. The van der Waals surface area contributed by atoms with Crippen LogP contribution in [0.2, 0.25) is 0 Å². The molecule has 1 aromatic heterocycles. The number of benzene rings is 1. The molecule has 0 radical (unpaired) electrons. The maximum absolute atomic E-state index is 6.00. The summed E-state index contributed by atoms with van der Waals surface area (Å²) in [5, 5.41) is 3.98. The number of rotatable bonds is 5. The van der Waals surface area contributed by atoms with Crippen LogP contribution in [-0.4, -0.2) is 34.7 Å². The summed E-state index contributed by atoms with van der Waals surface area (Å²) in [6.07, 6.45) is 2.41. The number of ether oxygens (including phenoxy) is 1. The van der Waals surface area contributed by atoms with Crippen molar-refractivity contribution >= 4 is 0 Å². The molecular weight excluding hydrogens is 278 g/mol. The van der Waals surface area contributed by atoms with Gasteiger partial charge in [-0.05, 0) is 37.9 Å². The van der Waals surface area contributed by atoms with E-state index in [4.69, 9.17) is 9.26 Å². The van der Waals surface area contributed by atoms with Gasteiger partial charge in [0.1, 0.15) is 5.75 Å². The van der Waals surface area contributed by atoms with E-state index in [0.29, 0.717) is 11.8 Å². The number of aryl methyl sites for hydroxylation is 2. The van der Waals surface area contributed by atoms with Crippen LogP contribution in [0.4, 0.5) is 0 Å². The van der Waals surface area contributed by atoms with Crippen LogP contribution in [0.3, 0.4) is 0 Å². The molecule has 1 atom stereocenters. The lowest BCUT2D eigenvalue weighted by Gasteiger charge is -2.31. The molecule has 22 heavy (non-hydrogen) atoms. The van der Waals surface area contributed by atoms with E-state index >= 15 is 0 Å². The van der Waals surface area contributed by atoms with Crippen LogP contribution in [0.1, 0.15) is 30.1 Å². The minimum atomic E-state index is 0.557. The molecule has 118 valence electrons. The highest BCUT2D eigenvalue weighted by Crippen LogP contribution is 2.21. The van der Waals surface area contributed by atoms with Crippen molar-refractivity contribution < 1.29 is 9.26 Å². The number of aromatic nitrogens is 2. The monoisotopic (exact) mass is 301 g/mol. The average molecular weight is 301 g/mol. The van der Waals surface area contributed by atoms with Gasteiger partial charge in [-0.3, -0.25) is 4.90 Å². The summed E-state index contributed by atoms with van der Waals surface area (Å²) in [5.74, 6) is 2.96. The van der Waals surface area contributed by atoms with Crippen LogP contribution >= 0.6 is 0 Å². The average Bonchev–Trinajstić information content (AvgIpc) is 2.92. The summed E-state index contributed by atoms with van der Waals surface area (Å²) in [4.78, 5) is 6.67. The van der Waals surface area contributed by atoms with Crippen molar-refractivity contribution in [2.24, 2.45) is 5.92 Å². The first-order valence-electron chi connectivity index (χ1n) is 7.90. The Kier molecular flexibility index (Phi) is 4.73. The lowest BCUT2D eigenvalue weighted by Crippen LogP contribution is -2.37. The summed E-state index contributed by atoms with van der Waals surface area (Å²) in [6, 6.07) is 8.19. The molecule has 5 heteroatoms. The van der Waals surface area contributed by atoms with Gasteiger partial charge in [0.15, 0.2) is 5.82 Å². The third kappa shape index (κ3) is 3.85. The second kappa shape index (κ2) is 6.92. The third-order valence-corrected chi connectivity index (χ3v) is 4.11. The number of likely N-dealkylation sites (tertiary alicyclic amines) is 1. The number of nitrogens with zero attached hydrogens (tertiary/aromatic N) is 3. The van der Waals surface area contributed by atoms with Gasteiger partial charge >= 0.3 is 0 Å². The fourth-order valence-corrected chi connectivity index (χ4v) is 2.96. The van der Waals surface area contributed by atoms with E-state index in [1.54, 1.807) is 0 Å². The topological polar surface area (TPSA) is 51.4 Å². The Balaban J connectivity index is 1.51. The second-order valence-electron chi connectivity index (χ2n) is 6.05. The summed E-state index contributed by atoms with van der Waals surface area (Å²) < 4.78 is 11.0. The summed E-state index contributed by atoms with van der Waals surface area (Å²) in [6.45, 7) is 7.56. The van der Waals surface area contributed by atoms with Gasteiger partial charge in [-0.1, -0.05) is 23.4 Å². The maximum Gasteiger partial charge on any atom is 0.223 e. The Bertz CT molecular complexity index is 611. The minimum absolute atomic E-state index is 0.557. The smallest absolute Gasteiger partial charge is 0.223 e. The van der Waals surface area contributed by atoms with Gasteiger partial charge in [-0.15, -0.1) is 0 Å². The van der Waals surface area contributed by atoms with Crippen molar-refractivity contribution in [1.29, 1.82) is 0 Å². The van der Waals surface area contributed by atoms with Gasteiger partial charge in [0.25, 0.3) is 0 Å². The van der Waals surface area contributed by atoms with Crippen LogP contribution in [0.25, 0.3) is 0 Å². The van der Waals surface area contributed by atoms with Gasteiger partial charge in [0.05, 0.1) is 13.2 Å². The first-order valence-corrected chi connectivity index (χ1v) is 7.90. The lowest BCUT2D eigenvalue weighted by molar-refractivity contribution is 0.122. The Hall–Kier alpha value is -1.88. The van der Waals surface area contributed by atoms with Crippen molar-refractivity contribution in [3.05, 3.63) is 41.5 Å². The molecule has 0 amide bonds. The quantitative estimate of drug-likeness (QED) is 0.850. The van der Waals surface area contributed by atoms with Crippen molar-refractivity contribution in [3.8, 4) is 5.75 Å². The molecule has 0 spiro atoms. The van der Waals surface area contributed by atoms with Crippen LogP contribution in [0.5, 0.6) is 5.75 Å². The van der Waals surface area contributed by atoms with E-state index < -0.39 is 0 Å². The molecule has 2 aromatic rings. The predicted octanol–water partition coefficient (Wildman–Crippen LogP) is 2.98. The van der Waals surface area contributed by atoms with Crippen LogP contribution in [0, 0.1) is 19.8 Å². The minimum Gasteiger partial charge on any atom is -0.493 e.